The van der Waals surface area contributed by atoms with E-state index in [0.29, 0.717) is 5.92 Å². The summed E-state index contributed by atoms with van der Waals surface area (Å²) in [5.74, 6) is 1.68. The number of para-hydroxylation sites is 1. The first-order valence-corrected chi connectivity index (χ1v) is 11.0. The number of unbranched alkanes of at least 4 members (excludes halogenated alkanes) is 3. The normalized spacial score (nSPS) is 12.6. The van der Waals surface area contributed by atoms with Crippen molar-refractivity contribution in [2.45, 2.75) is 86.1 Å². The second-order valence-electron chi connectivity index (χ2n) is 8.45. The Balaban J connectivity index is 2.20. The predicted octanol–water partition coefficient (Wildman–Crippen LogP) is 7.72. The molecule has 0 amide bonds. The van der Waals surface area contributed by atoms with E-state index in [4.69, 9.17) is 4.98 Å². The third-order valence-corrected chi connectivity index (χ3v) is 6.09. The fourth-order valence-corrected chi connectivity index (χ4v) is 4.43. The highest BCUT2D eigenvalue weighted by atomic mass is 15.1. The number of aryl methyl sites for hydroxylation is 4. The number of fused-ring (bicyclic) bond motifs is 1. The molecule has 2 nitrogen and oxygen atoms in total. The molecular weight excluding hydrogens is 340 g/mol. The van der Waals surface area contributed by atoms with E-state index in [1.54, 1.807) is 0 Å². The fourth-order valence-electron chi connectivity index (χ4n) is 4.43. The van der Waals surface area contributed by atoms with E-state index in [1.807, 2.05) is 0 Å². The van der Waals surface area contributed by atoms with Gasteiger partial charge in [0, 0.05) is 12.1 Å². The molecular formula is C26H36N2. The van der Waals surface area contributed by atoms with Crippen LogP contribution in [0, 0.1) is 20.8 Å². The van der Waals surface area contributed by atoms with Crippen LogP contribution in [0.1, 0.15) is 81.0 Å². The lowest BCUT2D eigenvalue weighted by molar-refractivity contribution is 0.594. The van der Waals surface area contributed by atoms with Crippen molar-refractivity contribution in [1.29, 1.82) is 0 Å². The second kappa shape index (κ2) is 8.94. The van der Waals surface area contributed by atoms with Gasteiger partial charge >= 0.3 is 0 Å². The van der Waals surface area contributed by atoms with Crippen molar-refractivity contribution in [3.63, 3.8) is 0 Å². The van der Waals surface area contributed by atoms with Crippen LogP contribution in [-0.2, 0) is 6.54 Å². The summed E-state index contributed by atoms with van der Waals surface area (Å²) < 4.78 is 2.49. The molecule has 0 spiro atoms. The van der Waals surface area contributed by atoms with Crippen molar-refractivity contribution < 1.29 is 0 Å². The lowest BCUT2D eigenvalue weighted by Crippen LogP contribution is -2.03. The smallest absolute Gasteiger partial charge is 0.141 e. The summed E-state index contributed by atoms with van der Waals surface area (Å²) in [4.78, 5) is 5.27. The topological polar surface area (TPSA) is 17.8 Å². The van der Waals surface area contributed by atoms with Gasteiger partial charge in [0.15, 0.2) is 0 Å². The summed E-state index contributed by atoms with van der Waals surface area (Å²) in [6, 6.07) is 11.3. The zero-order valence-corrected chi connectivity index (χ0v) is 18.6. The summed E-state index contributed by atoms with van der Waals surface area (Å²) in [7, 11) is 0. The largest absolute Gasteiger partial charge is 0.324 e. The minimum absolute atomic E-state index is 0.528. The number of aromatic nitrogens is 2. The number of hydrogen-bond donors (Lipinski definition) is 0. The highest BCUT2D eigenvalue weighted by molar-refractivity contribution is 5.85. The SMILES string of the molecule is CCCCCCn1c(-c2c(C)cc(C)cc2C)nc2c(C(C)CC)cccc21. The van der Waals surface area contributed by atoms with E-state index in [2.05, 4.69) is 76.4 Å². The van der Waals surface area contributed by atoms with Gasteiger partial charge in [-0.05, 0) is 62.3 Å². The van der Waals surface area contributed by atoms with E-state index >= 15 is 0 Å². The molecule has 3 rings (SSSR count). The fraction of sp³-hybridized carbons (Fsp3) is 0.500. The van der Waals surface area contributed by atoms with Crippen molar-refractivity contribution in [3.05, 3.63) is 52.6 Å². The standard InChI is InChI=1S/C26H36N2/c1-7-9-10-11-15-28-23-14-12-13-22(19(4)8-2)25(23)27-26(28)24-20(5)16-18(3)17-21(24)6/h12-14,16-17,19H,7-11,15H2,1-6H3. The number of benzene rings is 2. The monoisotopic (exact) mass is 376 g/mol. The third-order valence-electron chi connectivity index (χ3n) is 6.09. The maximum Gasteiger partial charge on any atom is 0.141 e. The molecule has 1 unspecified atom stereocenters. The molecule has 1 atom stereocenters. The molecule has 150 valence electrons. The third kappa shape index (κ3) is 4.01. The molecule has 2 heteroatoms. The molecule has 0 bridgehead atoms. The number of hydrogen-bond acceptors (Lipinski definition) is 1. The molecule has 1 aromatic heterocycles. The Morgan fingerprint density at radius 1 is 0.964 bits per heavy atom. The van der Waals surface area contributed by atoms with Gasteiger partial charge < -0.3 is 4.57 Å². The van der Waals surface area contributed by atoms with Crippen molar-refractivity contribution in [3.8, 4) is 11.4 Å². The molecule has 1 heterocycles. The van der Waals surface area contributed by atoms with Gasteiger partial charge in [-0.25, -0.2) is 4.98 Å². The van der Waals surface area contributed by atoms with Gasteiger partial charge in [0.05, 0.1) is 11.0 Å². The van der Waals surface area contributed by atoms with Crippen LogP contribution in [0.3, 0.4) is 0 Å². The quantitative estimate of drug-likeness (QED) is 0.368. The van der Waals surface area contributed by atoms with Crippen LogP contribution in [0.15, 0.2) is 30.3 Å². The van der Waals surface area contributed by atoms with Gasteiger partial charge in [-0.15, -0.1) is 0 Å². The van der Waals surface area contributed by atoms with E-state index in [-0.39, 0.29) is 0 Å². The van der Waals surface area contributed by atoms with Crippen LogP contribution in [0.2, 0.25) is 0 Å². The maximum absolute atomic E-state index is 5.27. The Morgan fingerprint density at radius 3 is 2.32 bits per heavy atom. The van der Waals surface area contributed by atoms with Gasteiger partial charge in [0.2, 0.25) is 0 Å². The molecule has 3 aromatic rings. The van der Waals surface area contributed by atoms with Crippen LogP contribution in [0.5, 0.6) is 0 Å². The van der Waals surface area contributed by atoms with Crippen molar-refractivity contribution in [1.82, 2.24) is 9.55 Å². The molecule has 28 heavy (non-hydrogen) atoms. The van der Waals surface area contributed by atoms with Crippen LogP contribution in [0.25, 0.3) is 22.4 Å². The maximum atomic E-state index is 5.27. The summed E-state index contributed by atoms with van der Waals surface area (Å²) in [5.41, 5.74) is 9.17. The van der Waals surface area contributed by atoms with Gasteiger partial charge in [0.25, 0.3) is 0 Å². The summed E-state index contributed by atoms with van der Waals surface area (Å²) in [5, 5.41) is 0. The number of rotatable bonds is 8. The number of nitrogens with zero attached hydrogens (tertiary/aromatic N) is 2. The van der Waals surface area contributed by atoms with Crippen LogP contribution < -0.4 is 0 Å². The van der Waals surface area contributed by atoms with Crippen molar-refractivity contribution >= 4 is 11.0 Å². The van der Waals surface area contributed by atoms with Crippen LogP contribution in [-0.4, -0.2) is 9.55 Å². The van der Waals surface area contributed by atoms with Crippen molar-refractivity contribution in [2.24, 2.45) is 0 Å². The van der Waals surface area contributed by atoms with Gasteiger partial charge in [-0.2, -0.15) is 0 Å². The summed E-state index contributed by atoms with van der Waals surface area (Å²) >= 11 is 0. The average Bonchev–Trinajstić information content (AvgIpc) is 3.02. The molecule has 0 saturated carbocycles. The Bertz CT molecular complexity index is 925. The minimum atomic E-state index is 0.528. The molecule has 0 fully saturated rings. The van der Waals surface area contributed by atoms with Gasteiger partial charge in [-0.3, -0.25) is 0 Å². The van der Waals surface area contributed by atoms with Gasteiger partial charge in [0.1, 0.15) is 5.82 Å². The first-order chi connectivity index (χ1) is 13.5. The molecule has 0 radical (unpaired) electrons. The molecule has 0 aliphatic carbocycles. The Kier molecular flexibility index (Phi) is 6.59. The van der Waals surface area contributed by atoms with E-state index in [1.165, 1.54) is 64.5 Å². The van der Waals surface area contributed by atoms with Crippen LogP contribution >= 0.6 is 0 Å². The Morgan fingerprint density at radius 2 is 1.68 bits per heavy atom. The lowest BCUT2D eigenvalue weighted by Gasteiger charge is -2.14. The Hall–Kier alpha value is -2.09. The van der Waals surface area contributed by atoms with Crippen molar-refractivity contribution in [2.75, 3.05) is 0 Å². The summed E-state index contributed by atoms with van der Waals surface area (Å²) in [6.07, 6.45) is 6.21. The molecule has 0 saturated heterocycles. The van der Waals surface area contributed by atoms with E-state index < -0.39 is 0 Å². The molecule has 0 aliphatic rings. The lowest BCUT2D eigenvalue weighted by atomic mass is 9.97. The summed E-state index contributed by atoms with van der Waals surface area (Å²) in [6.45, 7) is 14.5. The zero-order chi connectivity index (χ0) is 20.3. The van der Waals surface area contributed by atoms with E-state index in [0.717, 1.165) is 18.8 Å². The Labute approximate surface area is 171 Å². The van der Waals surface area contributed by atoms with Gasteiger partial charge in [-0.1, -0.05) is 69.9 Å². The minimum Gasteiger partial charge on any atom is -0.324 e. The van der Waals surface area contributed by atoms with E-state index in [9.17, 15) is 0 Å². The average molecular weight is 377 g/mol. The highest BCUT2D eigenvalue weighted by Gasteiger charge is 2.19. The number of imidazole rings is 1. The highest BCUT2D eigenvalue weighted by Crippen LogP contribution is 2.34. The second-order valence-corrected chi connectivity index (χ2v) is 8.45. The molecule has 0 N–H and O–H groups in total. The zero-order valence-electron chi connectivity index (χ0n) is 18.6. The first-order valence-electron chi connectivity index (χ1n) is 11.0. The predicted molar refractivity (Wildman–Crippen MR) is 122 cm³/mol. The van der Waals surface area contributed by atoms with Crippen LogP contribution in [0.4, 0.5) is 0 Å². The molecule has 2 aromatic carbocycles. The first kappa shape index (κ1) is 20.6. The molecule has 0 aliphatic heterocycles.